The molecule has 0 saturated heterocycles. The number of allylic oxidation sites excluding steroid dienone is 2. The van der Waals surface area contributed by atoms with Gasteiger partial charge in [-0.2, -0.15) is 5.26 Å². The van der Waals surface area contributed by atoms with Crippen LogP contribution >= 0.6 is 27.7 Å². The third-order valence-electron chi connectivity index (χ3n) is 5.25. The lowest BCUT2D eigenvalue weighted by atomic mass is 9.85. The van der Waals surface area contributed by atoms with Crippen LogP contribution in [0.2, 0.25) is 0 Å². The van der Waals surface area contributed by atoms with Crippen molar-refractivity contribution >= 4 is 45.1 Å². The highest BCUT2D eigenvalue weighted by atomic mass is 79.9. The lowest BCUT2D eigenvalue weighted by molar-refractivity contribution is -0.113. The Morgan fingerprint density at radius 2 is 1.94 bits per heavy atom. The smallest absolute Gasteiger partial charge is 0.254 e. The highest BCUT2D eigenvalue weighted by molar-refractivity contribution is 9.10. The number of benzene rings is 2. The van der Waals surface area contributed by atoms with Crippen molar-refractivity contribution in [3.63, 3.8) is 0 Å². The number of ketones is 1. The normalized spacial score (nSPS) is 15.5. The molecule has 0 aliphatic carbocycles. The van der Waals surface area contributed by atoms with Crippen molar-refractivity contribution in [2.45, 2.75) is 12.8 Å². The molecule has 0 unspecified atom stereocenters. The number of nitriles is 1. The Balaban J connectivity index is 1.64. The van der Waals surface area contributed by atoms with Gasteiger partial charge < -0.3 is 15.1 Å². The number of hydrogen-bond donors (Lipinski definition) is 2. The SMILES string of the molecule is CC1=C(C(=O)Nc2ccccc2)[C@@H](c2ccco2)C(C#N)=C(SCC(=O)c2cccc(Br)c2)N1. The fourth-order valence-electron chi connectivity index (χ4n) is 3.67. The van der Waals surface area contributed by atoms with Crippen molar-refractivity contribution < 1.29 is 14.0 Å². The van der Waals surface area contributed by atoms with Crippen molar-refractivity contribution in [3.05, 3.63) is 111 Å². The Morgan fingerprint density at radius 3 is 2.62 bits per heavy atom. The van der Waals surface area contributed by atoms with Crippen LogP contribution in [0, 0.1) is 11.3 Å². The third-order valence-corrected chi connectivity index (χ3v) is 6.76. The number of para-hydroxylation sites is 1. The molecule has 0 saturated carbocycles. The minimum Gasteiger partial charge on any atom is -0.468 e. The van der Waals surface area contributed by atoms with Crippen molar-refractivity contribution in [1.82, 2.24) is 5.32 Å². The Kier molecular flexibility index (Phi) is 7.36. The first kappa shape index (κ1) is 23.6. The van der Waals surface area contributed by atoms with E-state index in [9.17, 15) is 14.9 Å². The maximum absolute atomic E-state index is 13.3. The maximum Gasteiger partial charge on any atom is 0.254 e. The summed E-state index contributed by atoms with van der Waals surface area (Å²) >= 11 is 4.62. The van der Waals surface area contributed by atoms with Crippen LogP contribution in [-0.4, -0.2) is 17.4 Å². The summed E-state index contributed by atoms with van der Waals surface area (Å²) in [5.74, 6) is -0.491. The van der Waals surface area contributed by atoms with E-state index in [4.69, 9.17) is 4.42 Å². The monoisotopic (exact) mass is 533 g/mol. The van der Waals surface area contributed by atoms with Crippen LogP contribution in [0.25, 0.3) is 0 Å². The number of rotatable bonds is 7. The second kappa shape index (κ2) is 10.6. The molecule has 3 aromatic rings. The number of carbonyl (C=O) groups is 2. The first-order valence-corrected chi connectivity index (χ1v) is 12.2. The van der Waals surface area contributed by atoms with Gasteiger partial charge in [-0.15, -0.1) is 0 Å². The number of carbonyl (C=O) groups excluding carboxylic acids is 2. The number of thioether (sulfide) groups is 1. The van der Waals surface area contributed by atoms with Gasteiger partial charge in [-0.3, -0.25) is 9.59 Å². The number of nitrogens with one attached hydrogen (secondary N) is 2. The van der Waals surface area contributed by atoms with Crippen LogP contribution in [-0.2, 0) is 4.79 Å². The van der Waals surface area contributed by atoms with Gasteiger partial charge in [-0.1, -0.05) is 58.0 Å². The molecule has 0 bridgehead atoms. The standard InChI is InChI=1S/C26H20BrN3O3S/c1-16-23(25(32)30-19-9-3-2-4-10-19)24(22-11-6-12-33-22)20(14-28)26(29-16)34-15-21(31)17-7-5-8-18(27)13-17/h2-13,24,29H,15H2,1H3,(H,30,32)/t24-/m1/s1. The van der Waals surface area contributed by atoms with Crippen LogP contribution in [0.5, 0.6) is 0 Å². The maximum atomic E-state index is 13.3. The number of dihydropyridines is 1. The first-order valence-electron chi connectivity index (χ1n) is 10.4. The van der Waals surface area contributed by atoms with Crippen LogP contribution in [0.4, 0.5) is 5.69 Å². The predicted molar refractivity (Wildman–Crippen MR) is 136 cm³/mol. The second-order valence-electron chi connectivity index (χ2n) is 7.51. The number of Topliss-reactive ketones (excluding diaryl/α,β-unsaturated/α-hetero) is 1. The van der Waals surface area contributed by atoms with Gasteiger partial charge in [0.15, 0.2) is 5.78 Å². The molecule has 1 atom stereocenters. The summed E-state index contributed by atoms with van der Waals surface area (Å²) in [6.07, 6.45) is 1.51. The average molecular weight is 534 g/mol. The van der Waals surface area contributed by atoms with E-state index < -0.39 is 5.92 Å². The molecule has 4 rings (SSSR count). The zero-order valence-corrected chi connectivity index (χ0v) is 20.6. The highest BCUT2D eigenvalue weighted by Gasteiger charge is 2.36. The first-order chi connectivity index (χ1) is 16.5. The molecule has 1 aromatic heterocycles. The summed E-state index contributed by atoms with van der Waals surface area (Å²) in [5.41, 5.74) is 2.53. The van der Waals surface area contributed by atoms with Gasteiger partial charge in [-0.05, 0) is 43.3 Å². The van der Waals surface area contributed by atoms with E-state index in [1.807, 2.05) is 24.3 Å². The molecule has 1 amide bonds. The van der Waals surface area contributed by atoms with Gasteiger partial charge in [0.1, 0.15) is 5.76 Å². The van der Waals surface area contributed by atoms with E-state index in [1.165, 1.54) is 18.0 Å². The fraction of sp³-hybridized carbons (Fsp3) is 0.115. The molecule has 2 N–H and O–H groups in total. The van der Waals surface area contributed by atoms with Crippen molar-refractivity contribution in [3.8, 4) is 6.07 Å². The topological polar surface area (TPSA) is 95.1 Å². The molecule has 0 fully saturated rings. The van der Waals surface area contributed by atoms with E-state index >= 15 is 0 Å². The van der Waals surface area contributed by atoms with E-state index in [-0.39, 0.29) is 17.4 Å². The highest BCUT2D eigenvalue weighted by Crippen LogP contribution is 2.41. The van der Waals surface area contributed by atoms with Gasteiger partial charge in [-0.25, -0.2) is 0 Å². The summed E-state index contributed by atoms with van der Waals surface area (Å²) in [6, 6.07) is 22.0. The largest absolute Gasteiger partial charge is 0.468 e. The van der Waals surface area contributed by atoms with E-state index in [2.05, 4.69) is 32.6 Å². The zero-order valence-electron chi connectivity index (χ0n) is 18.2. The minimum atomic E-state index is -0.701. The average Bonchev–Trinajstić information content (AvgIpc) is 3.37. The van der Waals surface area contributed by atoms with Gasteiger partial charge in [0, 0.05) is 21.4 Å². The third kappa shape index (κ3) is 5.16. The van der Waals surface area contributed by atoms with Crippen LogP contribution < -0.4 is 10.6 Å². The predicted octanol–water partition coefficient (Wildman–Crippen LogP) is 5.99. The molecule has 2 aromatic carbocycles. The summed E-state index contributed by atoms with van der Waals surface area (Å²) in [7, 11) is 0. The van der Waals surface area contributed by atoms with Crippen LogP contribution in [0.15, 0.2) is 104 Å². The molecule has 8 heteroatoms. The fourth-order valence-corrected chi connectivity index (χ4v) is 5.06. The summed E-state index contributed by atoms with van der Waals surface area (Å²) in [5, 5.41) is 16.7. The summed E-state index contributed by atoms with van der Waals surface area (Å²) < 4.78 is 6.45. The molecule has 1 aliphatic heterocycles. The van der Waals surface area contributed by atoms with Gasteiger partial charge in [0.05, 0.1) is 40.2 Å². The number of nitrogens with zero attached hydrogens (tertiary/aromatic N) is 1. The molecule has 0 spiro atoms. The van der Waals surface area contributed by atoms with Crippen LogP contribution in [0.1, 0.15) is 29.0 Å². The molecular weight excluding hydrogens is 514 g/mol. The summed E-state index contributed by atoms with van der Waals surface area (Å²) in [4.78, 5) is 26.0. The van der Waals surface area contributed by atoms with E-state index in [0.29, 0.717) is 38.9 Å². The molecule has 170 valence electrons. The van der Waals surface area contributed by atoms with Crippen molar-refractivity contribution in [2.24, 2.45) is 0 Å². The lowest BCUT2D eigenvalue weighted by Gasteiger charge is -2.28. The summed E-state index contributed by atoms with van der Waals surface area (Å²) in [6.45, 7) is 1.78. The second-order valence-corrected chi connectivity index (χ2v) is 9.41. The number of furan rings is 1. The van der Waals surface area contributed by atoms with E-state index in [0.717, 1.165) is 4.47 Å². The lowest BCUT2D eigenvalue weighted by Crippen LogP contribution is -2.30. The molecule has 1 aliphatic rings. The molecule has 0 radical (unpaired) electrons. The molecule has 2 heterocycles. The number of hydrogen-bond acceptors (Lipinski definition) is 6. The number of amides is 1. The Bertz CT molecular complexity index is 1320. The quantitative estimate of drug-likeness (QED) is 0.362. The number of halogens is 1. The van der Waals surface area contributed by atoms with Gasteiger partial charge in [0.2, 0.25) is 0 Å². The van der Waals surface area contributed by atoms with E-state index in [1.54, 1.807) is 49.4 Å². The molecule has 6 nitrogen and oxygen atoms in total. The Labute approximate surface area is 209 Å². The minimum absolute atomic E-state index is 0.0679. The molecule has 34 heavy (non-hydrogen) atoms. The number of anilines is 1. The van der Waals surface area contributed by atoms with Gasteiger partial charge in [0.25, 0.3) is 5.91 Å². The molecular formula is C26H20BrN3O3S. The zero-order chi connectivity index (χ0) is 24.1. The van der Waals surface area contributed by atoms with Crippen molar-refractivity contribution in [2.75, 3.05) is 11.1 Å². The van der Waals surface area contributed by atoms with Crippen LogP contribution in [0.3, 0.4) is 0 Å². The van der Waals surface area contributed by atoms with Gasteiger partial charge >= 0.3 is 0 Å². The Hall–Kier alpha value is -3.54. The Morgan fingerprint density at radius 1 is 1.15 bits per heavy atom. The van der Waals surface area contributed by atoms with Crippen molar-refractivity contribution in [1.29, 1.82) is 5.26 Å².